The van der Waals surface area contributed by atoms with Gasteiger partial charge in [-0.05, 0) is 26.2 Å². The third kappa shape index (κ3) is 4.48. The van der Waals surface area contributed by atoms with E-state index in [9.17, 15) is 10.1 Å². The molecular weight excluding hydrogens is 363 g/mol. The first-order valence-electron chi connectivity index (χ1n) is 7.42. The zero-order valence-electron chi connectivity index (χ0n) is 13.9. The molecule has 0 unspecified atom stereocenters. The molecular formula is C17H20Cl2N4O2. The smallest absolute Gasteiger partial charge is 0.271 e. The van der Waals surface area contributed by atoms with Crippen molar-refractivity contribution in [1.82, 2.24) is 9.88 Å². The lowest BCUT2D eigenvalue weighted by Gasteiger charge is -2.15. The van der Waals surface area contributed by atoms with E-state index in [2.05, 4.69) is 15.2 Å². The van der Waals surface area contributed by atoms with E-state index >= 15 is 0 Å². The molecule has 0 radical (unpaired) electrons. The van der Waals surface area contributed by atoms with Gasteiger partial charge < -0.3 is 10.2 Å². The number of benzene rings is 2. The van der Waals surface area contributed by atoms with Gasteiger partial charge in [-0.2, -0.15) is 0 Å². The van der Waals surface area contributed by atoms with Crippen molar-refractivity contribution in [2.24, 2.45) is 0 Å². The Morgan fingerprint density at radius 3 is 2.44 bits per heavy atom. The quantitative estimate of drug-likeness (QED) is 0.408. The van der Waals surface area contributed by atoms with Gasteiger partial charge in [0.25, 0.3) is 5.69 Å². The number of non-ortho nitro benzene ring substituents is 1. The van der Waals surface area contributed by atoms with Crippen molar-refractivity contribution in [3.8, 4) is 0 Å². The number of pyridine rings is 1. The predicted molar refractivity (Wildman–Crippen MR) is 107 cm³/mol. The second kappa shape index (κ2) is 8.80. The number of nitro groups is 1. The number of hydrogen-bond donors (Lipinski definition) is 1. The molecule has 134 valence electrons. The molecule has 2 aromatic carbocycles. The molecule has 3 rings (SSSR count). The summed E-state index contributed by atoms with van der Waals surface area (Å²) in [5.41, 5.74) is 2.49. The van der Waals surface area contributed by atoms with Crippen LogP contribution in [0.5, 0.6) is 0 Å². The predicted octanol–water partition coefficient (Wildman–Crippen LogP) is 4.11. The van der Waals surface area contributed by atoms with Gasteiger partial charge in [0.2, 0.25) is 0 Å². The first-order chi connectivity index (χ1) is 11.1. The topological polar surface area (TPSA) is 71.3 Å². The maximum atomic E-state index is 11.0. The van der Waals surface area contributed by atoms with E-state index in [-0.39, 0.29) is 30.5 Å². The summed E-state index contributed by atoms with van der Waals surface area (Å²) >= 11 is 0. The molecule has 0 aliphatic carbocycles. The second-order valence-electron chi connectivity index (χ2n) is 5.69. The van der Waals surface area contributed by atoms with Gasteiger partial charge in [0, 0.05) is 36.0 Å². The third-order valence-corrected chi connectivity index (χ3v) is 3.74. The molecule has 0 aliphatic rings. The number of rotatable bonds is 5. The zero-order chi connectivity index (χ0) is 16.4. The molecule has 25 heavy (non-hydrogen) atoms. The van der Waals surface area contributed by atoms with E-state index in [0.717, 1.165) is 35.1 Å². The highest BCUT2D eigenvalue weighted by atomic mass is 35.5. The average Bonchev–Trinajstić information content (AvgIpc) is 2.53. The highest BCUT2D eigenvalue weighted by Crippen LogP contribution is 2.32. The highest BCUT2D eigenvalue weighted by molar-refractivity contribution is 6.07. The highest BCUT2D eigenvalue weighted by Gasteiger charge is 2.12. The van der Waals surface area contributed by atoms with Crippen molar-refractivity contribution in [1.29, 1.82) is 0 Å². The molecule has 6 nitrogen and oxygen atoms in total. The maximum Gasteiger partial charge on any atom is 0.271 e. The van der Waals surface area contributed by atoms with Gasteiger partial charge in [-0.1, -0.05) is 18.2 Å². The fourth-order valence-corrected chi connectivity index (χ4v) is 2.59. The van der Waals surface area contributed by atoms with Gasteiger partial charge in [-0.3, -0.25) is 10.1 Å². The van der Waals surface area contributed by atoms with E-state index in [1.54, 1.807) is 6.07 Å². The number of nitrogens with zero attached hydrogens (tertiary/aromatic N) is 3. The van der Waals surface area contributed by atoms with E-state index in [1.807, 2.05) is 38.4 Å². The van der Waals surface area contributed by atoms with Crippen molar-refractivity contribution >= 4 is 58.0 Å². The minimum Gasteiger partial charge on any atom is -0.383 e. The van der Waals surface area contributed by atoms with Crippen molar-refractivity contribution in [3.63, 3.8) is 0 Å². The van der Waals surface area contributed by atoms with Gasteiger partial charge in [0.15, 0.2) is 0 Å². The van der Waals surface area contributed by atoms with Crippen LogP contribution in [0.1, 0.15) is 0 Å². The lowest BCUT2D eigenvalue weighted by molar-refractivity contribution is -0.384. The molecule has 0 fully saturated rings. The number of fused-ring (bicyclic) bond motifs is 2. The Labute approximate surface area is 158 Å². The summed E-state index contributed by atoms with van der Waals surface area (Å²) in [6, 6.07) is 12.6. The van der Waals surface area contributed by atoms with Crippen LogP contribution in [0.15, 0.2) is 42.5 Å². The Morgan fingerprint density at radius 1 is 1.08 bits per heavy atom. The molecule has 8 heteroatoms. The average molecular weight is 383 g/mol. The van der Waals surface area contributed by atoms with Crippen molar-refractivity contribution < 1.29 is 4.92 Å². The van der Waals surface area contributed by atoms with Gasteiger partial charge >= 0.3 is 0 Å². The van der Waals surface area contributed by atoms with Crippen molar-refractivity contribution in [2.45, 2.75) is 0 Å². The minimum absolute atomic E-state index is 0. The molecule has 3 aromatic rings. The Balaban J connectivity index is 0.00000156. The van der Waals surface area contributed by atoms with Crippen molar-refractivity contribution in [3.05, 3.63) is 52.6 Å². The van der Waals surface area contributed by atoms with Crippen LogP contribution in [-0.2, 0) is 0 Å². The monoisotopic (exact) mass is 382 g/mol. The number of para-hydroxylation sites is 1. The molecule has 0 aliphatic heterocycles. The van der Waals surface area contributed by atoms with Gasteiger partial charge in [-0.25, -0.2) is 4.98 Å². The van der Waals surface area contributed by atoms with Gasteiger partial charge in [-0.15, -0.1) is 24.8 Å². The standard InChI is InChI=1S/C17H18N4O2.2ClH/c1-20(2)10-9-18-17-13-5-3-4-6-15(13)19-16-11-12(21(22)23)7-8-14(16)17;;/h3-8,11H,9-10H2,1-2H3,(H,18,19);2*1H. The Morgan fingerprint density at radius 2 is 1.76 bits per heavy atom. The largest absolute Gasteiger partial charge is 0.383 e. The summed E-state index contributed by atoms with van der Waals surface area (Å²) < 4.78 is 0. The number of nitro benzene ring substituents is 1. The zero-order valence-corrected chi connectivity index (χ0v) is 15.6. The fourth-order valence-electron chi connectivity index (χ4n) is 2.59. The van der Waals surface area contributed by atoms with E-state index in [0.29, 0.717) is 5.52 Å². The summed E-state index contributed by atoms with van der Waals surface area (Å²) in [5.74, 6) is 0. The van der Waals surface area contributed by atoms with Crippen LogP contribution in [0.4, 0.5) is 11.4 Å². The molecule has 1 aromatic heterocycles. The molecule has 0 spiro atoms. The number of aromatic nitrogens is 1. The lowest BCUT2D eigenvalue weighted by Crippen LogP contribution is -2.21. The summed E-state index contributed by atoms with van der Waals surface area (Å²) in [6.07, 6.45) is 0. The van der Waals surface area contributed by atoms with Crippen LogP contribution in [0.25, 0.3) is 21.8 Å². The number of hydrogen-bond acceptors (Lipinski definition) is 5. The first kappa shape index (κ1) is 20.9. The molecule has 1 N–H and O–H groups in total. The molecule has 0 saturated heterocycles. The number of nitrogens with one attached hydrogen (secondary N) is 1. The van der Waals surface area contributed by atoms with E-state index < -0.39 is 4.92 Å². The Kier molecular flexibility index (Phi) is 7.36. The number of halogens is 2. The normalized spacial score (nSPS) is 10.4. The summed E-state index contributed by atoms with van der Waals surface area (Å²) in [6.45, 7) is 1.68. The Hall–Kier alpha value is -2.15. The Bertz CT molecular complexity index is 887. The van der Waals surface area contributed by atoms with Crippen LogP contribution >= 0.6 is 24.8 Å². The maximum absolute atomic E-state index is 11.0. The SMILES string of the molecule is CN(C)CCNc1c2ccccc2nc2cc([N+](=O)[O-])ccc12.Cl.Cl. The van der Waals surface area contributed by atoms with Crippen LogP contribution < -0.4 is 5.32 Å². The third-order valence-electron chi connectivity index (χ3n) is 3.74. The van der Waals surface area contributed by atoms with Crippen LogP contribution in [0.3, 0.4) is 0 Å². The summed E-state index contributed by atoms with van der Waals surface area (Å²) in [4.78, 5) is 17.3. The number of likely N-dealkylation sites (N-methyl/N-ethyl adjacent to an activating group) is 1. The van der Waals surface area contributed by atoms with Crippen LogP contribution in [-0.4, -0.2) is 42.0 Å². The molecule has 0 saturated carbocycles. The molecule has 1 heterocycles. The molecule has 0 amide bonds. The van der Waals surface area contributed by atoms with E-state index in [4.69, 9.17) is 0 Å². The van der Waals surface area contributed by atoms with Crippen molar-refractivity contribution in [2.75, 3.05) is 32.5 Å². The van der Waals surface area contributed by atoms with Gasteiger partial charge in [0.1, 0.15) is 0 Å². The van der Waals surface area contributed by atoms with Crippen LogP contribution in [0.2, 0.25) is 0 Å². The van der Waals surface area contributed by atoms with E-state index in [1.165, 1.54) is 12.1 Å². The molecule has 0 bridgehead atoms. The lowest BCUT2D eigenvalue weighted by atomic mass is 10.1. The van der Waals surface area contributed by atoms with Gasteiger partial charge in [0.05, 0.1) is 21.6 Å². The number of anilines is 1. The summed E-state index contributed by atoms with van der Waals surface area (Å²) in [5, 5.41) is 16.4. The first-order valence-corrected chi connectivity index (χ1v) is 7.42. The summed E-state index contributed by atoms with van der Waals surface area (Å²) in [7, 11) is 4.04. The molecule has 0 atom stereocenters. The van der Waals surface area contributed by atoms with Crippen LogP contribution in [0, 0.1) is 10.1 Å². The minimum atomic E-state index is -0.393. The second-order valence-corrected chi connectivity index (χ2v) is 5.69. The fraction of sp³-hybridized carbons (Fsp3) is 0.235.